The Morgan fingerprint density at radius 1 is 1.33 bits per heavy atom. The van der Waals surface area contributed by atoms with E-state index in [9.17, 15) is 5.11 Å². The predicted molar refractivity (Wildman–Crippen MR) is 91.7 cm³/mol. The van der Waals surface area contributed by atoms with E-state index in [4.69, 9.17) is 27.9 Å². The Hall–Kier alpha value is -0.300. The zero-order chi connectivity index (χ0) is 15.2. The third-order valence-corrected chi connectivity index (χ3v) is 4.87. The second-order valence-corrected chi connectivity index (χ2v) is 7.16. The first-order valence-electron chi connectivity index (χ1n) is 6.24. The maximum Gasteiger partial charge on any atom is 0.139 e. The minimum absolute atomic E-state index is 0.154. The number of halogens is 3. The van der Waals surface area contributed by atoms with Crippen LogP contribution in [0.1, 0.15) is 4.88 Å². The molecule has 0 radical (unpaired) electrons. The van der Waals surface area contributed by atoms with Crippen LogP contribution in [0.25, 0.3) is 0 Å². The molecule has 7 heteroatoms. The smallest absolute Gasteiger partial charge is 0.139 e. The quantitative estimate of drug-likeness (QED) is 0.712. The zero-order valence-corrected chi connectivity index (χ0v) is 14.9. The number of ether oxygens (including phenoxy) is 1. The summed E-state index contributed by atoms with van der Waals surface area (Å²) in [6, 6.07) is 7.03. The molecule has 0 aliphatic rings. The van der Waals surface area contributed by atoms with E-state index in [-0.39, 0.29) is 6.61 Å². The van der Waals surface area contributed by atoms with Crippen molar-refractivity contribution in [3.63, 3.8) is 0 Å². The van der Waals surface area contributed by atoms with Crippen molar-refractivity contribution in [2.45, 2.75) is 12.6 Å². The normalized spacial score (nSPS) is 12.4. The molecule has 0 saturated heterocycles. The van der Waals surface area contributed by atoms with E-state index < -0.39 is 6.10 Å². The Morgan fingerprint density at radius 2 is 2.14 bits per heavy atom. The Morgan fingerprint density at radius 3 is 2.86 bits per heavy atom. The molecule has 0 aliphatic carbocycles. The fourth-order valence-corrected chi connectivity index (χ4v) is 3.40. The van der Waals surface area contributed by atoms with Crippen molar-refractivity contribution in [2.24, 2.45) is 0 Å². The minimum Gasteiger partial charge on any atom is -0.489 e. The molecule has 1 aromatic carbocycles. The number of hydrogen-bond acceptors (Lipinski definition) is 4. The number of aliphatic hydroxyl groups is 1. The maximum absolute atomic E-state index is 9.88. The largest absolute Gasteiger partial charge is 0.489 e. The van der Waals surface area contributed by atoms with Crippen LogP contribution in [0, 0.1) is 0 Å². The Bertz CT molecular complexity index is 594. The van der Waals surface area contributed by atoms with Crippen LogP contribution in [-0.4, -0.2) is 24.4 Å². The van der Waals surface area contributed by atoms with Gasteiger partial charge in [0.15, 0.2) is 0 Å². The molecule has 2 rings (SSSR count). The Kier molecular flexibility index (Phi) is 6.79. The van der Waals surface area contributed by atoms with Crippen LogP contribution in [-0.2, 0) is 6.54 Å². The standard InChI is InChI=1S/C14H14BrCl2NO2S/c15-9-3-12(21-8-9)6-18-5-11(19)7-20-14-4-10(16)1-2-13(14)17/h1-4,8,11,18-19H,5-7H2. The number of aliphatic hydroxyl groups excluding tert-OH is 1. The van der Waals surface area contributed by atoms with E-state index in [2.05, 4.69) is 21.2 Å². The fourth-order valence-electron chi connectivity index (χ4n) is 1.64. The lowest BCUT2D eigenvalue weighted by Gasteiger charge is -2.14. The predicted octanol–water partition coefficient (Wildman–Crippen LogP) is 4.35. The average molecular weight is 411 g/mol. The molecule has 1 atom stereocenters. The zero-order valence-electron chi connectivity index (χ0n) is 11.0. The maximum atomic E-state index is 9.88. The van der Waals surface area contributed by atoms with Gasteiger partial charge in [-0.05, 0) is 34.1 Å². The highest BCUT2D eigenvalue weighted by atomic mass is 79.9. The highest BCUT2D eigenvalue weighted by Crippen LogP contribution is 2.27. The summed E-state index contributed by atoms with van der Waals surface area (Å²) < 4.78 is 6.55. The van der Waals surface area contributed by atoms with Gasteiger partial charge < -0.3 is 15.2 Å². The first-order chi connectivity index (χ1) is 10.0. The summed E-state index contributed by atoms with van der Waals surface area (Å²) in [5, 5.41) is 16.1. The van der Waals surface area contributed by atoms with Crippen LogP contribution < -0.4 is 10.1 Å². The number of rotatable bonds is 7. The van der Waals surface area contributed by atoms with Crippen molar-refractivity contribution in [3.8, 4) is 5.75 Å². The first kappa shape index (κ1) is 17.1. The number of thiophene rings is 1. The molecule has 0 aliphatic heterocycles. The third kappa shape index (κ3) is 5.77. The lowest BCUT2D eigenvalue weighted by molar-refractivity contribution is 0.106. The van der Waals surface area contributed by atoms with Gasteiger partial charge in [-0.3, -0.25) is 0 Å². The molecule has 2 aromatic rings. The molecule has 1 aromatic heterocycles. The topological polar surface area (TPSA) is 41.5 Å². The van der Waals surface area contributed by atoms with Crippen LogP contribution in [0.4, 0.5) is 0 Å². The van der Waals surface area contributed by atoms with Crippen molar-refractivity contribution in [2.75, 3.05) is 13.2 Å². The summed E-state index contributed by atoms with van der Waals surface area (Å²) in [7, 11) is 0. The average Bonchev–Trinajstić information content (AvgIpc) is 2.85. The lowest BCUT2D eigenvalue weighted by Crippen LogP contribution is -2.31. The molecule has 0 bridgehead atoms. The molecular weight excluding hydrogens is 397 g/mol. The Balaban J connectivity index is 1.72. The van der Waals surface area contributed by atoms with Gasteiger partial charge in [0.05, 0.1) is 5.02 Å². The molecule has 2 N–H and O–H groups in total. The van der Waals surface area contributed by atoms with Crippen LogP contribution in [0.2, 0.25) is 10.0 Å². The van der Waals surface area contributed by atoms with E-state index in [0.29, 0.717) is 28.9 Å². The highest BCUT2D eigenvalue weighted by Gasteiger charge is 2.08. The van der Waals surface area contributed by atoms with Gasteiger partial charge in [-0.1, -0.05) is 23.2 Å². The Labute approximate surface area is 146 Å². The van der Waals surface area contributed by atoms with Crippen molar-refractivity contribution in [3.05, 3.63) is 49.0 Å². The van der Waals surface area contributed by atoms with Crippen molar-refractivity contribution >= 4 is 50.5 Å². The van der Waals surface area contributed by atoms with Gasteiger partial charge in [0, 0.05) is 38.9 Å². The highest BCUT2D eigenvalue weighted by molar-refractivity contribution is 9.10. The SMILES string of the molecule is OC(CNCc1cc(Br)cs1)COc1cc(Cl)ccc1Cl. The number of nitrogens with one attached hydrogen (secondary N) is 1. The number of hydrogen-bond donors (Lipinski definition) is 2. The first-order valence-corrected chi connectivity index (χ1v) is 8.67. The summed E-state index contributed by atoms with van der Waals surface area (Å²) in [5.41, 5.74) is 0. The van der Waals surface area contributed by atoms with Gasteiger partial charge in [-0.15, -0.1) is 11.3 Å². The van der Waals surface area contributed by atoms with E-state index >= 15 is 0 Å². The van der Waals surface area contributed by atoms with Crippen molar-refractivity contribution in [1.82, 2.24) is 5.32 Å². The van der Waals surface area contributed by atoms with Gasteiger partial charge in [-0.2, -0.15) is 0 Å². The third-order valence-electron chi connectivity index (χ3n) is 2.63. The van der Waals surface area contributed by atoms with Crippen LogP contribution >= 0.6 is 50.5 Å². The van der Waals surface area contributed by atoms with E-state index in [1.54, 1.807) is 29.5 Å². The minimum atomic E-state index is -0.622. The molecule has 0 amide bonds. The fraction of sp³-hybridized carbons (Fsp3) is 0.286. The van der Waals surface area contributed by atoms with E-state index in [1.165, 1.54) is 4.88 Å². The molecule has 0 fully saturated rings. The van der Waals surface area contributed by atoms with Gasteiger partial charge in [-0.25, -0.2) is 0 Å². The summed E-state index contributed by atoms with van der Waals surface area (Å²) in [4.78, 5) is 1.20. The van der Waals surface area contributed by atoms with Crippen molar-refractivity contribution < 1.29 is 9.84 Å². The van der Waals surface area contributed by atoms with Gasteiger partial charge >= 0.3 is 0 Å². The molecule has 114 valence electrons. The molecule has 1 unspecified atom stereocenters. The molecule has 1 heterocycles. The second kappa shape index (κ2) is 8.36. The van der Waals surface area contributed by atoms with Gasteiger partial charge in [0.1, 0.15) is 18.5 Å². The molecule has 0 saturated carbocycles. The van der Waals surface area contributed by atoms with Gasteiger partial charge in [0.2, 0.25) is 0 Å². The van der Waals surface area contributed by atoms with Crippen LogP contribution in [0.5, 0.6) is 5.75 Å². The van der Waals surface area contributed by atoms with Gasteiger partial charge in [0.25, 0.3) is 0 Å². The summed E-state index contributed by atoms with van der Waals surface area (Å²) in [5.74, 6) is 0.477. The second-order valence-electron chi connectivity index (χ2n) is 4.40. The molecule has 0 spiro atoms. The molecule has 21 heavy (non-hydrogen) atoms. The number of benzene rings is 1. The van der Waals surface area contributed by atoms with Crippen LogP contribution in [0.3, 0.4) is 0 Å². The molecule has 3 nitrogen and oxygen atoms in total. The van der Waals surface area contributed by atoms with E-state index in [1.807, 2.05) is 11.4 Å². The monoisotopic (exact) mass is 409 g/mol. The lowest BCUT2D eigenvalue weighted by atomic mass is 10.3. The summed E-state index contributed by atoms with van der Waals surface area (Å²) >= 11 is 16.9. The van der Waals surface area contributed by atoms with E-state index in [0.717, 1.165) is 4.47 Å². The summed E-state index contributed by atoms with van der Waals surface area (Å²) in [6.07, 6.45) is -0.622. The van der Waals surface area contributed by atoms with Crippen molar-refractivity contribution in [1.29, 1.82) is 0 Å². The summed E-state index contributed by atoms with van der Waals surface area (Å²) in [6.45, 7) is 1.31. The molecular formula is C14H14BrCl2NO2S. The van der Waals surface area contributed by atoms with Crippen LogP contribution in [0.15, 0.2) is 34.1 Å².